The summed E-state index contributed by atoms with van der Waals surface area (Å²) in [5.74, 6) is 0.485. The standard InChI is InChI=1S/C27H28ClN5O6/c1-27(2,3)39-23(34)5-4-15-32-25(35)30-24(33(26(32)36)17-18-6-8-19(28)9-7-18)29-20-10-12-21(13-11-20)38-22-14-16-37-31-22/h6-14,16H,4-5,15,17H2,1-3H3,(H,29,30,35). The molecule has 0 saturated carbocycles. The predicted molar refractivity (Wildman–Crippen MR) is 145 cm³/mol. The molecule has 2 aromatic heterocycles. The molecule has 2 heterocycles. The third-order valence-electron chi connectivity index (χ3n) is 5.33. The first kappa shape index (κ1) is 27.6. The van der Waals surface area contributed by atoms with Crippen LogP contribution in [0.15, 0.2) is 75.0 Å². The first-order chi connectivity index (χ1) is 18.6. The van der Waals surface area contributed by atoms with E-state index in [-0.39, 0.29) is 31.9 Å². The minimum absolute atomic E-state index is 0.0128. The lowest BCUT2D eigenvalue weighted by molar-refractivity contribution is -0.154. The van der Waals surface area contributed by atoms with Crippen LogP contribution in [0, 0.1) is 0 Å². The molecule has 0 saturated heterocycles. The van der Waals surface area contributed by atoms with Gasteiger partial charge in [0.25, 0.3) is 5.88 Å². The van der Waals surface area contributed by atoms with Crippen LogP contribution in [0.1, 0.15) is 39.2 Å². The van der Waals surface area contributed by atoms with Gasteiger partial charge in [0.1, 0.15) is 17.6 Å². The van der Waals surface area contributed by atoms with Crippen LogP contribution in [0.25, 0.3) is 0 Å². The second-order valence-electron chi connectivity index (χ2n) is 9.64. The number of carbonyl (C=O) groups excluding carboxylic acids is 1. The van der Waals surface area contributed by atoms with Crippen molar-refractivity contribution in [2.45, 2.75) is 52.3 Å². The Hall–Kier alpha value is -4.38. The Bertz CT molecular complexity index is 1520. The van der Waals surface area contributed by atoms with E-state index in [1.807, 2.05) is 0 Å². The van der Waals surface area contributed by atoms with Crippen LogP contribution in [0.5, 0.6) is 11.6 Å². The predicted octanol–water partition coefficient (Wildman–Crippen LogP) is 4.75. The van der Waals surface area contributed by atoms with E-state index in [9.17, 15) is 14.4 Å². The normalized spacial score (nSPS) is 11.3. The fourth-order valence-corrected chi connectivity index (χ4v) is 3.74. The first-order valence-electron chi connectivity index (χ1n) is 12.2. The van der Waals surface area contributed by atoms with Gasteiger partial charge in [-0.25, -0.2) is 14.2 Å². The van der Waals surface area contributed by atoms with Crippen molar-refractivity contribution < 1.29 is 18.8 Å². The summed E-state index contributed by atoms with van der Waals surface area (Å²) < 4.78 is 18.0. The van der Waals surface area contributed by atoms with Crippen LogP contribution in [-0.4, -0.2) is 30.8 Å². The molecule has 0 aliphatic heterocycles. The van der Waals surface area contributed by atoms with Crippen LogP contribution >= 0.6 is 11.6 Å². The summed E-state index contributed by atoms with van der Waals surface area (Å²) in [5.41, 5.74) is -0.565. The van der Waals surface area contributed by atoms with Crippen molar-refractivity contribution in [1.29, 1.82) is 0 Å². The Morgan fingerprint density at radius 3 is 2.38 bits per heavy atom. The number of hydrogen-bond acceptors (Lipinski definition) is 9. The van der Waals surface area contributed by atoms with E-state index in [2.05, 4.69) is 15.5 Å². The minimum Gasteiger partial charge on any atom is -0.460 e. The molecule has 0 atom stereocenters. The summed E-state index contributed by atoms with van der Waals surface area (Å²) >= 11 is 6.01. The highest BCUT2D eigenvalue weighted by Gasteiger charge is 2.18. The lowest BCUT2D eigenvalue weighted by Crippen LogP contribution is -2.42. The molecule has 4 aromatic rings. The molecule has 0 aliphatic carbocycles. The largest absolute Gasteiger partial charge is 0.460 e. The number of nitrogens with one attached hydrogen (secondary N) is 1. The van der Waals surface area contributed by atoms with Gasteiger partial charge in [0.15, 0.2) is 0 Å². The molecular weight excluding hydrogens is 526 g/mol. The van der Waals surface area contributed by atoms with Crippen LogP contribution in [-0.2, 0) is 22.6 Å². The zero-order valence-electron chi connectivity index (χ0n) is 21.7. The number of esters is 1. The zero-order valence-corrected chi connectivity index (χ0v) is 22.5. The molecule has 0 fully saturated rings. The van der Waals surface area contributed by atoms with E-state index >= 15 is 0 Å². The van der Waals surface area contributed by atoms with Crippen LogP contribution in [0.2, 0.25) is 5.02 Å². The average molecular weight is 554 g/mol. The third kappa shape index (κ3) is 7.81. The van der Waals surface area contributed by atoms with Crippen molar-refractivity contribution >= 4 is 29.2 Å². The van der Waals surface area contributed by atoms with Gasteiger partial charge in [0.2, 0.25) is 5.95 Å². The molecule has 1 N–H and O–H groups in total. The highest BCUT2D eigenvalue weighted by molar-refractivity contribution is 6.30. The number of anilines is 2. The van der Waals surface area contributed by atoms with E-state index < -0.39 is 22.9 Å². The molecule has 11 nitrogen and oxygen atoms in total. The second kappa shape index (κ2) is 12.0. The topological polar surface area (TPSA) is 130 Å². The Kier molecular flexibility index (Phi) is 8.50. The smallest absolute Gasteiger partial charge is 0.354 e. The molecule has 39 heavy (non-hydrogen) atoms. The zero-order chi connectivity index (χ0) is 28.0. The number of benzene rings is 2. The van der Waals surface area contributed by atoms with Crippen molar-refractivity contribution in [3.63, 3.8) is 0 Å². The molecule has 0 bridgehead atoms. The number of ether oxygens (including phenoxy) is 2. The third-order valence-corrected chi connectivity index (χ3v) is 5.59. The van der Waals surface area contributed by atoms with E-state index in [0.717, 1.165) is 10.1 Å². The van der Waals surface area contributed by atoms with Crippen LogP contribution < -0.4 is 21.4 Å². The molecular formula is C27H28ClN5O6. The number of carbonyl (C=O) groups is 1. The SMILES string of the molecule is CC(C)(C)OC(=O)CCCn1c(=O)nc(Nc2ccc(Oc3ccon3)cc2)n(Cc2ccc(Cl)cc2)c1=O. The summed E-state index contributed by atoms with van der Waals surface area (Å²) in [6.45, 7) is 5.47. The van der Waals surface area contributed by atoms with Gasteiger partial charge in [-0.3, -0.25) is 9.36 Å². The van der Waals surface area contributed by atoms with E-state index in [1.165, 1.54) is 10.8 Å². The fraction of sp³-hybridized carbons (Fsp3) is 0.296. The molecule has 0 aliphatic rings. The summed E-state index contributed by atoms with van der Waals surface area (Å²) in [6, 6.07) is 15.4. The minimum atomic E-state index is -0.731. The molecule has 2 aromatic carbocycles. The maximum absolute atomic E-state index is 13.5. The summed E-state index contributed by atoms with van der Waals surface area (Å²) in [5, 5.41) is 7.31. The quantitative estimate of drug-likeness (QED) is 0.276. The van der Waals surface area contributed by atoms with Crippen molar-refractivity contribution in [1.82, 2.24) is 19.3 Å². The molecule has 0 amide bonds. The van der Waals surface area contributed by atoms with E-state index in [4.69, 9.17) is 25.6 Å². The van der Waals surface area contributed by atoms with Crippen LogP contribution in [0.3, 0.4) is 0 Å². The van der Waals surface area contributed by atoms with Gasteiger partial charge in [-0.15, -0.1) is 0 Å². The van der Waals surface area contributed by atoms with Crippen LogP contribution in [0.4, 0.5) is 11.6 Å². The average Bonchev–Trinajstić information content (AvgIpc) is 3.38. The van der Waals surface area contributed by atoms with Gasteiger partial charge in [-0.1, -0.05) is 23.7 Å². The molecule has 0 spiro atoms. The molecule has 12 heteroatoms. The summed E-state index contributed by atoms with van der Waals surface area (Å²) in [7, 11) is 0. The van der Waals surface area contributed by atoms with Crippen molar-refractivity contribution in [2.75, 3.05) is 5.32 Å². The lowest BCUT2D eigenvalue weighted by Gasteiger charge is -2.19. The highest BCUT2D eigenvalue weighted by Crippen LogP contribution is 2.23. The van der Waals surface area contributed by atoms with Gasteiger partial charge >= 0.3 is 17.3 Å². The van der Waals surface area contributed by atoms with Gasteiger partial charge in [-0.2, -0.15) is 4.98 Å². The van der Waals surface area contributed by atoms with Gasteiger partial charge < -0.3 is 19.3 Å². The lowest BCUT2D eigenvalue weighted by atomic mass is 10.2. The number of hydrogen-bond donors (Lipinski definition) is 1. The maximum atomic E-state index is 13.5. The number of aromatic nitrogens is 4. The number of nitrogens with zero attached hydrogens (tertiary/aromatic N) is 4. The Labute approximate surface area is 228 Å². The number of halogens is 1. The Morgan fingerprint density at radius 1 is 1.03 bits per heavy atom. The molecule has 204 valence electrons. The van der Waals surface area contributed by atoms with E-state index in [0.29, 0.717) is 22.3 Å². The fourth-order valence-electron chi connectivity index (χ4n) is 3.62. The number of rotatable bonds is 10. The summed E-state index contributed by atoms with van der Waals surface area (Å²) in [6.07, 6.45) is 1.70. The van der Waals surface area contributed by atoms with Crippen molar-refractivity contribution in [3.05, 3.63) is 92.4 Å². The van der Waals surface area contributed by atoms with E-state index in [1.54, 1.807) is 75.4 Å². The maximum Gasteiger partial charge on any atom is 0.354 e. The van der Waals surface area contributed by atoms with Gasteiger partial charge in [0.05, 0.1) is 6.54 Å². The molecule has 0 radical (unpaired) electrons. The summed E-state index contributed by atoms with van der Waals surface area (Å²) in [4.78, 5) is 42.6. The van der Waals surface area contributed by atoms with Gasteiger partial charge in [-0.05, 0) is 74.3 Å². The molecule has 4 rings (SSSR count). The Balaban J connectivity index is 1.58. The Morgan fingerprint density at radius 2 is 1.74 bits per heavy atom. The molecule has 0 unspecified atom stereocenters. The second-order valence-corrected chi connectivity index (χ2v) is 10.1. The highest BCUT2D eigenvalue weighted by atomic mass is 35.5. The monoisotopic (exact) mass is 553 g/mol. The van der Waals surface area contributed by atoms with Gasteiger partial charge in [0, 0.05) is 29.7 Å². The first-order valence-corrected chi connectivity index (χ1v) is 12.6. The van der Waals surface area contributed by atoms with Crippen molar-refractivity contribution in [3.8, 4) is 11.6 Å². The van der Waals surface area contributed by atoms with Crippen molar-refractivity contribution in [2.24, 2.45) is 0 Å².